The van der Waals surface area contributed by atoms with Crippen molar-refractivity contribution in [1.29, 1.82) is 0 Å². The Hall–Kier alpha value is -2.69. The Kier molecular flexibility index (Phi) is 6.00. The van der Waals surface area contributed by atoms with Crippen LogP contribution in [0.3, 0.4) is 0 Å². The minimum Gasteiger partial charge on any atom is -0.493 e. The third-order valence-corrected chi connectivity index (χ3v) is 4.49. The molecule has 1 amide bonds. The topological polar surface area (TPSA) is 42.0 Å². The lowest BCUT2D eigenvalue weighted by molar-refractivity contribution is 0.0742. The number of carbonyl (C=O) groups is 1. The maximum atomic E-state index is 12.9. The SMILES string of the molecule is CCOc1ccccc1C(=O)N1CCN(c2ccccc2OCC)CC1. The standard InChI is InChI=1S/C21H26N2O3/c1-3-25-19-11-7-5-9-17(19)21(24)23-15-13-22(14-16-23)18-10-6-8-12-20(18)26-4-2/h5-12H,3-4,13-16H2,1-2H3. The van der Waals surface area contributed by atoms with E-state index in [1.165, 1.54) is 0 Å². The highest BCUT2D eigenvalue weighted by Gasteiger charge is 2.25. The van der Waals surface area contributed by atoms with Crippen molar-refractivity contribution in [3.05, 3.63) is 54.1 Å². The van der Waals surface area contributed by atoms with Crippen molar-refractivity contribution in [2.45, 2.75) is 13.8 Å². The van der Waals surface area contributed by atoms with E-state index in [1.807, 2.05) is 61.2 Å². The Morgan fingerprint density at radius 1 is 0.846 bits per heavy atom. The number of rotatable bonds is 6. The third-order valence-electron chi connectivity index (χ3n) is 4.49. The summed E-state index contributed by atoms with van der Waals surface area (Å²) in [4.78, 5) is 17.1. The fraction of sp³-hybridized carbons (Fsp3) is 0.381. The number of piperazine rings is 1. The molecule has 2 aromatic carbocycles. The molecule has 1 saturated heterocycles. The molecular formula is C21H26N2O3. The predicted molar refractivity (Wildman–Crippen MR) is 103 cm³/mol. The molecule has 1 aliphatic heterocycles. The van der Waals surface area contributed by atoms with Gasteiger partial charge in [0.05, 0.1) is 24.5 Å². The molecule has 3 rings (SSSR count). The van der Waals surface area contributed by atoms with Crippen molar-refractivity contribution >= 4 is 11.6 Å². The van der Waals surface area contributed by atoms with Crippen LogP contribution in [0.15, 0.2) is 48.5 Å². The van der Waals surface area contributed by atoms with Crippen LogP contribution >= 0.6 is 0 Å². The molecule has 1 heterocycles. The Labute approximate surface area is 155 Å². The first kappa shape index (κ1) is 18.1. The fourth-order valence-corrected chi connectivity index (χ4v) is 3.24. The van der Waals surface area contributed by atoms with Gasteiger partial charge in [-0.05, 0) is 38.1 Å². The van der Waals surface area contributed by atoms with E-state index >= 15 is 0 Å². The maximum absolute atomic E-state index is 12.9. The summed E-state index contributed by atoms with van der Waals surface area (Å²) in [5.74, 6) is 1.59. The van der Waals surface area contributed by atoms with Gasteiger partial charge in [-0.25, -0.2) is 0 Å². The highest BCUT2D eigenvalue weighted by molar-refractivity contribution is 5.97. The highest BCUT2D eigenvalue weighted by atomic mass is 16.5. The van der Waals surface area contributed by atoms with Crippen molar-refractivity contribution < 1.29 is 14.3 Å². The first-order valence-corrected chi connectivity index (χ1v) is 9.22. The van der Waals surface area contributed by atoms with E-state index in [4.69, 9.17) is 9.47 Å². The quantitative estimate of drug-likeness (QED) is 0.797. The summed E-state index contributed by atoms with van der Waals surface area (Å²) < 4.78 is 11.3. The van der Waals surface area contributed by atoms with E-state index in [9.17, 15) is 4.79 Å². The number of nitrogens with zero attached hydrogens (tertiary/aromatic N) is 2. The molecule has 26 heavy (non-hydrogen) atoms. The molecule has 0 aromatic heterocycles. The lowest BCUT2D eigenvalue weighted by Crippen LogP contribution is -2.49. The van der Waals surface area contributed by atoms with Crippen LogP contribution in [-0.4, -0.2) is 50.2 Å². The molecule has 0 spiro atoms. The largest absolute Gasteiger partial charge is 0.493 e. The second-order valence-electron chi connectivity index (χ2n) is 6.11. The van der Waals surface area contributed by atoms with Gasteiger partial charge >= 0.3 is 0 Å². The number of hydrogen-bond acceptors (Lipinski definition) is 4. The minimum absolute atomic E-state index is 0.0341. The third kappa shape index (κ3) is 3.93. The average Bonchev–Trinajstić information content (AvgIpc) is 2.69. The van der Waals surface area contributed by atoms with Gasteiger partial charge in [0.25, 0.3) is 5.91 Å². The van der Waals surface area contributed by atoms with Gasteiger partial charge in [-0.1, -0.05) is 24.3 Å². The molecule has 0 aliphatic carbocycles. The highest BCUT2D eigenvalue weighted by Crippen LogP contribution is 2.29. The number of anilines is 1. The molecular weight excluding hydrogens is 328 g/mol. The van der Waals surface area contributed by atoms with Crippen LogP contribution in [0.4, 0.5) is 5.69 Å². The summed E-state index contributed by atoms with van der Waals surface area (Å²) in [6.07, 6.45) is 0. The van der Waals surface area contributed by atoms with Crippen molar-refractivity contribution in [3.63, 3.8) is 0 Å². The van der Waals surface area contributed by atoms with Crippen molar-refractivity contribution in [3.8, 4) is 11.5 Å². The van der Waals surface area contributed by atoms with Crippen LogP contribution in [0.2, 0.25) is 0 Å². The zero-order chi connectivity index (χ0) is 18.4. The van der Waals surface area contributed by atoms with Crippen LogP contribution in [0.5, 0.6) is 11.5 Å². The summed E-state index contributed by atoms with van der Waals surface area (Å²) in [6.45, 7) is 8.04. The van der Waals surface area contributed by atoms with E-state index in [0.717, 1.165) is 24.5 Å². The van der Waals surface area contributed by atoms with E-state index in [2.05, 4.69) is 11.0 Å². The van der Waals surface area contributed by atoms with Gasteiger partial charge in [0.1, 0.15) is 11.5 Å². The number of benzene rings is 2. The van der Waals surface area contributed by atoms with Gasteiger partial charge < -0.3 is 19.3 Å². The Bertz CT molecular complexity index is 740. The lowest BCUT2D eigenvalue weighted by atomic mass is 10.1. The molecule has 0 unspecified atom stereocenters. The molecule has 138 valence electrons. The van der Waals surface area contributed by atoms with Crippen molar-refractivity contribution in [2.75, 3.05) is 44.3 Å². The number of carbonyl (C=O) groups excluding carboxylic acids is 1. The Morgan fingerprint density at radius 2 is 1.42 bits per heavy atom. The molecule has 0 bridgehead atoms. The second-order valence-corrected chi connectivity index (χ2v) is 6.11. The smallest absolute Gasteiger partial charge is 0.257 e. The molecule has 5 heteroatoms. The first-order valence-electron chi connectivity index (χ1n) is 9.22. The molecule has 2 aromatic rings. The monoisotopic (exact) mass is 354 g/mol. The van der Waals surface area contributed by atoms with Gasteiger partial charge in [0.2, 0.25) is 0 Å². The molecule has 1 aliphatic rings. The Morgan fingerprint density at radius 3 is 2.12 bits per heavy atom. The van der Waals surface area contributed by atoms with Crippen LogP contribution in [0, 0.1) is 0 Å². The van der Waals surface area contributed by atoms with Crippen LogP contribution < -0.4 is 14.4 Å². The lowest BCUT2D eigenvalue weighted by Gasteiger charge is -2.36. The molecule has 0 saturated carbocycles. The van der Waals surface area contributed by atoms with Crippen molar-refractivity contribution in [2.24, 2.45) is 0 Å². The van der Waals surface area contributed by atoms with E-state index < -0.39 is 0 Å². The van der Waals surface area contributed by atoms with E-state index in [0.29, 0.717) is 37.6 Å². The molecule has 0 N–H and O–H groups in total. The summed E-state index contributed by atoms with van der Waals surface area (Å²) in [6, 6.07) is 15.5. The normalized spacial score (nSPS) is 14.2. The Balaban J connectivity index is 1.68. The van der Waals surface area contributed by atoms with Crippen molar-refractivity contribution in [1.82, 2.24) is 4.90 Å². The average molecular weight is 354 g/mol. The predicted octanol–water partition coefficient (Wildman–Crippen LogP) is 3.45. The number of hydrogen-bond donors (Lipinski definition) is 0. The molecule has 5 nitrogen and oxygen atoms in total. The maximum Gasteiger partial charge on any atom is 0.257 e. The van der Waals surface area contributed by atoms with E-state index in [-0.39, 0.29) is 5.91 Å². The zero-order valence-corrected chi connectivity index (χ0v) is 15.5. The zero-order valence-electron chi connectivity index (χ0n) is 15.5. The minimum atomic E-state index is 0.0341. The van der Waals surface area contributed by atoms with Crippen LogP contribution in [0.1, 0.15) is 24.2 Å². The van der Waals surface area contributed by atoms with Gasteiger partial charge in [-0.3, -0.25) is 4.79 Å². The van der Waals surface area contributed by atoms with Gasteiger partial charge in [-0.15, -0.1) is 0 Å². The summed E-state index contributed by atoms with van der Waals surface area (Å²) in [7, 11) is 0. The number of ether oxygens (including phenoxy) is 2. The van der Waals surface area contributed by atoms with Gasteiger partial charge in [0, 0.05) is 26.2 Å². The number of para-hydroxylation sites is 3. The van der Waals surface area contributed by atoms with Gasteiger partial charge in [0.15, 0.2) is 0 Å². The first-order chi connectivity index (χ1) is 12.7. The molecule has 0 radical (unpaired) electrons. The fourth-order valence-electron chi connectivity index (χ4n) is 3.24. The van der Waals surface area contributed by atoms with Gasteiger partial charge in [-0.2, -0.15) is 0 Å². The van der Waals surface area contributed by atoms with Crippen LogP contribution in [-0.2, 0) is 0 Å². The summed E-state index contributed by atoms with van der Waals surface area (Å²) >= 11 is 0. The molecule has 1 fully saturated rings. The number of amides is 1. The molecule has 0 atom stereocenters. The summed E-state index contributed by atoms with van der Waals surface area (Å²) in [5.41, 5.74) is 1.73. The van der Waals surface area contributed by atoms with E-state index in [1.54, 1.807) is 0 Å². The second kappa shape index (κ2) is 8.61. The van der Waals surface area contributed by atoms with Crippen LogP contribution in [0.25, 0.3) is 0 Å². The summed E-state index contributed by atoms with van der Waals surface area (Å²) in [5, 5.41) is 0.